The van der Waals surface area contributed by atoms with Gasteiger partial charge >= 0.3 is 6.18 Å². The molecule has 0 amide bonds. The zero-order valence-electron chi connectivity index (χ0n) is 11.3. The molecule has 0 spiro atoms. The van der Waals surface area contributed by atoms with Gasteiger partial charge in [0.2, 0.25) is 0 Å². The molecule has 0 aromatic heterocycles. The molecule has 1 N–H and O–H groups in total. The number of ketones is 1. The number of benzene rings is 1. The van der Waals surface area contributed by atoms with Gasteiger partial charge in [-0.15, -0.1) is 0 Å². The van der Waals surface area contributed by atoms with Gasteiger partial charge in [-0.05, 0) is 32.4 Å². The summed E-state index contributed by atoms with van der Waals surface area (Å²) in [5, 5.41) is 3.01. The van der Waals surface area contributed by atoms with Gasteiger partial charge < -0.3 is 5.32 Å². The second-order valence-electron chi connectivity index (χ2n) is 5.52. The molecule has 1 aromatic carbocycles. The monoisotopic (exact) mass is 273 g/mol. The lowest BCUT2D eigenvalue weighted by atomic mass is 10.0. The highest BCUT2D eigenvalue weighted by molar-refractivity contribution is 5.82. The third-order valence-electron chi connectivity index (χ3n) is 2.47. The summed E-state index contributed by atoms with van der Waals surface area (Å²) in [7, 11) is 0. The summed E-state index contributed by atoms with van der Waals surface area (Å²) in [6.45, 7) is 5.92. The first-order valence-corrected chi connectivity index (χ1v) is 6.01. The van der Waals surface area contributed by atoms with Crippen molar-refractivity contribution in [2.75, 3.05) is 6.54 Å². The summed E-state index contributed by atoms with van der Waals surface area (Å²) < 4.78 is 37.5. The average molecular weight is 273 g/mol. The molecule has 1 rings (SSSR count). The Morgan fingerprint density at radius 3 is 2.37 bits per heavy atom. The number of rotatable bonds is 4. The second kappa shape index (κ2) is 5.74. The van der Waals surface area contributed by atoms with E-state index in [0.29, 0.717) is 5.56 Å². The average Bonchev–Trinajstić information content (AvgIpc) is 2.25. The van der Waals surface area contributed by atoms with Crippen molar-refractivity contribution in [2.24, 2.45) is 0 Å². The molecule has 0 saturated heterocycles. The smallest absolute Gasteiger partial charge is 0.305 e. The quantitative estimate of drug-likeness (QED) is 0.912. The highest BCUT2D eigenvalue weighted by Crippen LogP contribution is 2.29. The van der Waals surface area contributed by atoms with Crippen LogP contribution in [0.4, 0.5) is 13.2 Å². The molecule has 0 aliphatic rings. The summed E-state index contributed by atoms with van der Waals surface area (Å²) in [5.41, 5.74) is -0.527. The Labute approximate surface area is 111 Å². The number of Topliss-reactive ketones (excluding diaryl/α,β-unsaturated/α-hetero) is 1. The SMILES string of the molecule is CC(C)(C)NCC(=O)Cc1cccc(C(F)(F)F)c1. The molecule has 0 unspecified atom stereocenters. The molecule has 0 fully saturated rings. The van der Waals surface area contributed by atoms with Crippen LogP contribution in [0.3, 0.4) is 0 Å². The first-order valence-electron chi connectivity index (χ1n) is 6.01. The van der Waals surface area contributed by atoms with E-state index < -0.39 is 11.7 Å². The van der Waals surface area contributed by atoms with Crippen LogP contribution in [0.5, 0.6) is 0 Å². The Bertz CT molecular complexity index is 447. The van der Waals surface area contributed by atoms with E-state index >= 15 is 0 Å². The molecule has 0 saturated carbocycles. The van der Waals surface area contributed by atoms with Gasteiger partial charge in [0.15, 0.2) is 5.78 Å². The van der Waals surface area contributed by atoms with Crippen LogP contribution >= 0.6 is 0 Å². The zero-order chi connectivity index (χ0) is 14.7. The Balaban J connectivity index is 2.65. The Morgan fingerprint density at radius 1 is 1.21 bits per heavy atom. The number of hydrogen-bond acceptors (Lipinski definition) is 2. The molecule has 0 aliphatic carbocycles. The number of nitrogens with one attached hydrogen (secondary N) is 1. The minimum atomic E-state index is -4.37. The first-order chi connectivity index (χ1) is 8.58. The van der Waals surface area contributed by atoms with Gasteiger partial charge in [-0.25, -0.2) is 0 Å². The number of carbonyl (C=O) groups excluding carboxylic acids is 1. The standard InChI is InChI=1S/C14H18F3NO/c1-13(2,3)18-9-12(19)8-10-5-4-6-11(7-10)14(15,16)17/h4-7,18H,8-9H2,1-3H3. The topological polar surface area (TPSA) is 29.1 Å². The first kappa shape index (κ1) is 15.7. The van der Waals surface area contributed by atoms with Crippen molar-refractivity contribution in [3.05, 3.63) is 35.4 Å². The van der Waals surface area contributed by atoms with E-state index in [4.69, 9.17) is 0 Å². The third-order valence-corrected chi connectivity index (χ3v) is 2.47. The van der Waals surface area contributed by atoms with Crippen LogP contribution in [0.25, 0.3) is 0 Å². The van der Waals surface area contributed by atoms with Gasteiger partial charge in [0, 0.05) is 12.0 Å². The van der Waals surface area contributed by atoms with Crippen LogP contribution in [0.15, 0.2) is 24.3 Å². The van der Waals surface area contributed by atoms with Crippen LogP contribution in [-0.2, 0) is 17.4 Å². The van der Waals surface area contributed by atoms with Crippen molar-refractivity contribution in [1.29, 1.82) is 0 Å². The van der Waals surface area contributed by atoms with Gasteiger partial charge in [0.1, 0.15) is 0 Å². The lowest BCUT2D eigenvalue weighted by Gasteiger charge is -2.19. The predicted octanol–water partition coefficient (Wildman–Crippen LogP) is 3.21. The van der Waals surface area contributed by atoms with E-state index in [1.54, 1.807) is 0 Å². The van der Waals surface area contributed by atoms with Gasteiger partial charge in [-0.1, -0.05) is 18.2 Å². The highest BCUT2D eigenvalue weighted by Gasteiger charge is 2.30. The van der Waals surface area contributed by atoms with E-state index in [1.807, 2.05) is 20.8 Å². The summed E-state index contributed by atoms with van der Waals surface area (Å²) in [4.78, 5) is 11.7. The van der Waals surface area contributed by atoms with Crippen molar-refractivity contribution >= 4 is 5.78 Å². The number of alkyl halides is 3. The van der Waals surface area contributed by atoms with Crippen molar-refractivity contribution in [3.8, 4) is 0 Å². The van der Waals surface area contributed by atoms with Crippen molar-refractivity contribution in [1.82, 2.24) is 5.32 Å². The summed E-state index contributed by atoms with van der Waals surface area (Å²) >= 11 is 0. The number of halogens is 3. The van der Waals surface area contributed by atoms with Crippen LogP contribution < -0.4 is 5.32 Å². The Morgan fingerprint density at radius 2 is 1.84 bits per heavy atom. The second-order valence-corrected chi connectivity index (χ2v) is 5.52. The van der Waals surface area contributed by atoms with Gasteiger partial charge in [0.05, 0.1) is 12.1 Å². The lowest BCUT2D eigenvalue weighted by Crippen LogP contribution is -2.39. The summed E-state index contributed by atoms with van der Waals surface area (Å²) in [6.07, 6.45) is -4.37. The molecule has 106 valence electrons. The normalized spacial score (nSPS) is 12.5. The minimum absolute atomic E-state index is 0.00694. The highest BCUT2D eigenvalue weighted by atomic mass is 19.4. The van der Waals surface area contributed by atoms with Crippen molar-refractivity contribution < 1.29 is 18.0 Å². The maximum Gasteiger partial charge on any atom is 0.416 e. The van der Waals surface area contributed by atoms with Gasteiger partial charge in [-0.2, -0.15) is 13.2 Å². The van der Waals surface area contributed by atoms with E-state index in [0.717, 1.165) is 12.1 Å². The largest absolute Gasteiger partial charge is 0.416 e. The molecular weight excluding hydrogens is 255 g/mol. The van der Waals surface area contributed by atoms with Crippen LogP contribution in [0.2, 0.25) is 0 Å². The molecule has 2 nitrogen and oxygen atoms in total. The maximum atomic E-state index is 12.5. The van der Waals surface area contributed by atoms with Crippen LogP contribution in [0.1, 0.15) is 31.9 Å². The molecule has 0 atom stereocenters. The van der Waals surface area contributed by atoms with E-state index in [-0.39, 0.29) is 24.3 Å². The van der Waals surface area contributed by atoms with Gasteiger partial charge in [-0.3, -0.25) is 4.79 Å². The van der Waals surface area contributed by atoms with Crippen molar-refractivity contribution in [2.45, 2.75) is 38.9 Å². The van der Waals surface area contributed by atoms with E-state index in [1.165, 1.54) is 12.1 Å². The number of hydrogen-bond donors (Lipinski definition) is 1. The van der Waals surface area contributed by atoms with Crippen LogP contribution in [-0.4, -0.2) is 17.9 Å². The molecule has 0 bridgehead atoms. The maximum absolute atomic E-state index is 12.5. The third kappa shape index (κ3) is 5.87. The Kier molecular flexibility index (Phi) is 4.74. The summed E-state index contributed by atoms with van der Waals surface area (Å²) in [6, 6.07) is 4.88. The van der Waals surface area contributed by atoms with E-state index in [2.05, 4.69) is 5.32 Å². The minimum Gasteiger partial charge on any atom is -0.305 e. The van der Waals surface area contributed by atoms with Gasteiger partial charge in [0.25, 0.3) is 0 Å². The lowest BCUT2D eigenvalue weighted by molar-refractivity contribution is -0.137. The zero-order valence-corrected chi connectivity index (χ0v) is 11.3. The molecule has 0 radical (unpaired) electrons. The summed E-state index contributed by atoms with van der Waals surface area (Å²) in [5.74, 6) is -0.130. The van der Waals surface area contributed by atoms with E-state index in [9.17, 15) is 18.0 Å². The molecule has 0 heterocycles. The molecular formula is C14H18F3NO. The molecule has 19 heavy (non-hydrogen) atoms. The Hall–Kier alpha value is -1.36. The predicted molar refractivity (Wildman–Crippen MR) is 67.9 cm³/mol. The fraction of sp³-hybridized carbons (Fsp3) is 0.500. The van der Waals surface area contributed by atoms with Crippen molar-refractivity contribution in [3.63, 3.8) is 0 Å². The fourth-order valence-electron chi connectivity index (χ4n) is 1.51. The van der Waals surface area contributed by atoms with Crippen LogP contribution in [0, 0.1) is 0 Å². The molecule has 0 aliphatic heterocycles. The molecule has 1 aromatic rings. The molecule has 5 heteroatoms. The number of carbonyl (C=O) groups is 1. The fourth-order valence-corrected chi connectivity index (χ4v) is 1.51.